The molecule has 1 aliphatic carbocycles. The molecule has 25 heavy (non-hydrogen) atoms. The van der Waals surface area contributed by atoms with E-state index >= 15 is 0 Å². The summed E-state index contributed by atoms with van der Waals surface area (Å²) >= 11 is 0. The van der Waals surface area contributed by atoms with Crippen molar-refractivity contribution in [2.45, 2.75) is 18.4 Å². The van der Waals surface area contributed by atoms with E-state index in [-0.39, 0.29) is 11.4 Å². The Balaban J connectivity index is 1.62. The second kappa shape index (κ2) is 5.92. The normalized spacial score (nSPS) is 15.0. The highest BCUT2D eigenvalue weighted by Gasteiger charge is 2.46. The number of carbonyl (C=O) groups is 1. The summed E-state index contributed by atoms with van der Waals surface area (Å²) in [6.07, 6.45) is 1.98. The zero-order chi connectivity index (χ0) is 17.4. The molecule has 1 aliphatic rings. The van der Waals surface area contributed by atoms with Gasteiger partial charge in [-0.2, -0.15) is 0 Å². The van der Waals surface area contributed by atoms with Crippen LogP contribution in [0.25, 0.3) is 10.8 Å². The number of nitrogens with zero attached hydrogens (tertiary/aromatic N) is 1. The van der Waals surface area contributed by atoms with Crippen LogP contribution in [0.15, 0.2) is 66.7 Å². The van der Waals surface area contributed by atoms with Crippen LogP contribution >= 0.6 is 0 Å². The number of fused-ring (bicyclic) bond motifs is 1. The molecule has 3 aromatic rings. The van der Waals surface area contributed by atoms with Gasteiger partial charge in [-0.3, -0.25) is 4.79 Å². The molecule has 3 nitrogen and oxygen atoms in total. The summed E-state index contributed by atoms with van der Waals surface area (Å²) in [5, 5.41) is 5.73. The monoisotopic (exact) mass is 330 g/mol. The number of nitrogens with one attached hydrogen (secondary N) is 1. The standard InChI is InChI=1S/C22H22N2O/c1-24(2)18-12-10-17(11-13-18)21(25)23-22(14-15-22)20-9-5-7-16-6-3-4-8-19(16)20/h3-13H,14-15H2,1-2H3,(H,23,25). The van der Waals surface area contributed by atoms with Gasteiger partial charge in [0, 0.05) is 25.3 Å². The topological polar surface area (TPSA) is 32.3 Å². The Morgan fingerprint density at radius 3 is 2.28 bits per heavy atom. The van der Waals surface area contributed by atoms with Crippen LogP contribution in [0, 0.1) is 0 Å². The Bertz CT molecular complexity index is 919. The lowest BCUT2D eigenvalue weighted by Crippen LogP contribution is -2.35. The minimum Gasteiger partial charge on any atom is -0.378 e. The van der Waals surface area contributed by atoms with Gasteiger partial charge in [-0.05, 0) is 53.4 Å². The smallest absolute Gasteiger partial charge is 0.251 e. The van der Waals surface area contributed by atoms with Crippen LogP contribution in [-0.4, -0.2) is 20.0 Å². The van der Waals surface area contributed by atoms with E-state index in [4.69, 9.17) is 0 Å². The van der Waals surface area contributed by atoms with Crippen molar-refractivity contribution in [2.75, 3.05) is 19.0 Å². The van der Waals surface area contributed by atoms with Crippen LogP contribution in [0.2, 0.25) is 0 Å². The van der Waals surface area contributed by atoms with Gasteiger partial charge in [-0.1, -0.05) is 42.5 Å². The van der Waals surface area contributed by atoms with Gasteiger partial charge in [-0.15, -0.1) is 0 Å². The molecule has 0 bridgehead atoms. The van der Waals surface area contributed by atoms with E-state index in [0.29, 0.717) is 5.56 Å². The Hall–Kier alpha value is -2.81. The highest BCUT2D eigenvalue weighted by Crippen LogP contribution is 2.48. The minimum absolute atomic E-state index is 0.00394. The summed E-state index contributed by atoms with van der Waals surface area (Å²) in [7, 11) is 3.99. The van der Waals surface area contributed by atoms with Gasteiger partial charge in [-0.25, -0.2) is 0 Å². The second-order valence-electron chi connectivity index (χ2n) is 7.00. The average Bonchev–Trinajstić information content (AvgIpc) is 3.41. The Labute approximate surface area is 148 Å². The van der Waals surface area contributed by atoms with Crippen molar-refractivity contribution >= 4 is 22.4 Å². The number of anilines is 1. The Morgan fingerprint density at radius 2 is 1.60 bits per heavy atom. The van der Waals surface area contributed by atoms with Crippen molar-refractivity contribution in [3.8, 4) is 0 Å². The molecule has 3 heteroatoms. The molecule has 0 aliphatic heterocycles. The molecular weight excluding hydrogens is 308 g/mol. The third kappa shape index (κ3) is 2.86. The summed E-state index contributed by atoms with van der Waals surface area (Å²) in [4.78, 5) is 14.8. The first kappa shape index (κ1) is 15.7. The van der Waals surface area contributed by atoms with Gasteiger partial charge in [0.25, 0.3) is 5.91 Å². The second-order valence-corrected chi connectivity index (χ2v) is 7.00. The first-order valence-corrected chi connectivity index (χ1v) is 8.67. The molecule has 1 amide bonds. The number of carbonyl (C=O) groups excluding carboxylic acids is 1. The van der Waals surface area contributed by atoms with E-state index < -0.39 is 0 Å². The molecule has 1 N–H and O–H groups in total. The van der Waals surface area contributed by atoms with Crippen LogP contribution in [0.5, 0.6) is 0 Å². The maximum Gasteiger partial charge on any atom is 0.251 e. The lowest BCUT2D eigenvalue weighted by molar-refractivity contribution is 0.0931. The van der Waals surface area contributed by atoms with Crippen LogP contribution < -0.4 is 10.2 Å². The quantitative estimate of drug-likeness (QED) is 0.772. The zero-order valence-corrected chi connectivity index (χ0v) is 14.6. The molecule has 0 atom stereocenters. The molecule has 1 saturated carbocycles. The van der Waals surface area contributed by atoms with E-state index in [1.54, 1.807) is 0 Å². The number of hydrogen-bond donors (Lipinski definition) is 1. The van der Waals surface area contributed by atoms with Crippen LogP contribution in [0.3, 0.4) is 0 Å². The van der Waals surface area contributed by atoms with Crippen molar-refractivity contribution in [3.63, 3.8) is 0 Å². The number of hydrogen-bond acceptors (Lipinski definition) is 2. The van der Waals surface area contributed by atoms with Crippen molar-refractivity contribution in [2.24, 2.45) is 0 Å². The molecule has 0 radical (unpaired) electrons. The fourth-order valence-electron chi connectivity index (χ4n) is 3.43. The highest BCUT2D eigenvalue weighted by atomic mass is 16.1. The third-order valence-corrected chi connectivity index (χ3v) is 5.05. The summed E-state index contributed by atoms with van der Waals surface area (Å²) in [6, 6.07) is 22.5. The van der Waals surface area contributed by atoms with Crippen molar-refractivity contribution in [1.29, 1.82) is 0 Å². The summed E-state index contributed by atoms with van der Waals surface area (Å²) in [5.41, 5.74) is 2.80. The summed E-state index contributed by atoms with van der Waals surface area (Å²) in [6.45, 7) is 0. The number of benzene rings is 3. The molecule has 3 aromatic carbocycles. The fraction of sp³-hybridized carbons (Fsp3) is 0.227. The molecule has 0 saturated heterocycles. The first-order valence-electron chi connectivity index (χ1n) is 8.67. The number of amides is 1. The predicted molar refractivity (Wildman–Crippen MR) is 103 cm³/mol. The van der Waals surface area contributed by atoms with Gasteiger partial charge in [0.05, 0.1) is 5.54 Å². The van der Waals surface area contributed by atoms with E-state index in [2.05, 4.69) is 47.8 Å². The van der Waals surface area contributed by atoms with Crippen LogP contribution in [-0.2, 0) is 5.54 Å². The lowest BCUT2D eigenvalue weighted by atomic mass is 9.96. The minimum atomic E-state index is -0.224. The molecule has 0 unspecified atom stereocenters. The van der Waals surface area contributed by atoms with Crippen molar-refractivity contribution in [1.82, 2.24) is 5.32 Å². The number of rotatable bonds is 4. The van der Waals surface area contributed by atoms with E-state index in [1.165, 1.54) is 16.3 Å². The van der Waals surface area contributed by atoms with Gasteiger partial charge >= 0.3 is 0 Å². The van der Waals surface area contributed by atoms with Gasteiger partial charge < -0.3 is 10.2 Å². The maximum atomic E-state index is 12.8. The zero-order valence-electron chi connectivity index (χ0n) is 14.6. The Kier molecular flexibility index (Phi) is 3.72. The Morgan fingerprint density at radius 1 is 0.920 bits per heavy atom. The molecule has 126 valence electrons. The van der Waals surface area contributed by atoms with Gasteiger partial charge in [0.1, 0.15) is 0 Å². The average molecular weight is 330 g/mol. The van der Waals surface area contributed by atoms with Crippen molar-refractivity contribution < 1.29 is 4.79 Å². The molecule has 0 aromatic heterocycles. The van der Waals surface area contributed by atoms with Gasteiger partial charge in [0.15, 0.2) is 0 Å². The molecule has 1 fully saturated rings. The van der Waals surface area contributed by atoms with Crippen molar-refractivity contribution in [3.05, 3.63) is 77.9 Å². The lowest BCUT2D eigenvalue weighted by Gasteiger charge is -2.20. The van der Waals surface area contributed by atoms with E-state index in [9.17, 15) is 4.79 Å². The summed E-state index contributed by atoms with van der Waals surface area (Å²) < 4.78 is 0. The van der Waals surface area contributed by atoms with Gasteiger partial charge in [0.2, 0.25) is 0 Å². The summed E-state index contributed by atoms with van der Waals surface area (Å²) in [5.74, 6) is -0.00394. The first-order chi connectivity index (χ1) is 12.1. The molecule has 4 rings (SSSR count). The van der Waals surface area contributed by atoms with E-state index in [0.717, 1.165) is 18.5 Å². The van der Waals surface area contributed by atoms with Crippen LogP contribution in [0.1, 0.15) is 28.8 Å². The highest BCUT2D eigenvalue weighted by molar-refractivity contribution is 5.96. The van der Waals surface area contributed by atoms with Crippen LogP contribution in [0.4, 0.5) is 5.69 Å². The SMILES string of the molecule is CN(C)c1ccc(C(=O)NC2(c3cccc4ccccc34)CC2)cc1. The maximum absolute atomic E-state index is 12.8. The molecular formula is C22H22N2O. The predicted octanol–water partition coefficient (Wildman–Crippen LogP) is 4.32. The largest absolute Gasteiger partial charge is 0.378 e. The third-order valence-electron chi connectivity index (χ3n) is 5.05. The molecule has 0 spiro atoms. The fourth-order valence-corrected chi connectivity index (χ4v) is 3.43. The molecule has 0 heterocycles. The van der Waals surface area contributed by atoms with E-state index in [1.807, 2.05) is 43.3 Å².